The lowest BCUT2D eigenvalue weighted by Gasteiger charge is -2.29. The number of anilines is 1. The summed E-state index contributed by atoms with van der Waals surface area (Å²) in [5.41, 5.74) is -0.987. The molecule has 15 heteroatoms. The van der Waals surface area contributed by atoms with Crippen LogP contribution >= 0.6 is 23.5 Å². The molecule has 0 saturated heterocycles. The van der Waals surface area contributed by atoms with Crippen molar-refractivity contribution < 1.29 is 45.4 Å². The highest BCUT2D eigenvalue weighted by Gasteiger charge is 2.45. The molecule has 0 radical (unpaired) electrons. The maximum atomic E-state index is 13.8. The second kappa shape index (κ2) is 11.8. The predicted octanol–water partition coefficient (Wildman–Crippen LogP) is 8.28. The van der Waals surface area contributed by atoms with Crippen molar-refractivity contribution in [3.05, 3.63) is 94.5 Å². The molecule has 1 heterocycles. The number of amides is 2. The average molecular weight is 632 g/mol. The third-order valence-corrected chi connectivity index (χ3v) is 7.38. The second-order valence-electron chi connectivity index (χ2n) is 9.06. The van der Waals surface area contributed by atoms with Crippen LogP contribution in [0.3, 0.4) is 0 Å². The lowest BCUT2D eigenvalue weighted by Crippen LogP contribution is -2.41. The van der Waals surface area contributed by atoms with Gasteiger partial charge in [-0.25, -0.2) is 18.9 Å². The number of alkyl halides is 6. The summed E-state index contributed by atoms with van der Waals surface area (Å²) in [6.07, 6.45) is -9.63. The van der Waals surface area contributed by atoms with Crippen LogP contribution in [0.2, 0.25) is 5.02 Å². The van der Waals surface area contributed by atoms with Gasteiger partial charge in [0.2, 0.25) is 0 Å². The zero-order valence-electron chi connectivity index (χ0n) is 21.7. The van der Waals surface area contributed by atoms with Gasteiger partial charge in [-0.15, -0.1) is 13.2 Å². The number of carbonyl (C=O) groups is 2. The molecular formula is C27H20ClF6N3O4S. The van der Waals surface area contributed by atoms with E-state index in [1.807, 2.05) is 0 Å². The van der Waals surface area contributed by atoms with Crippen molar-refractivity contribution in [1.29, 1.82) is 0 Å². The van der Waals surface area contributed by atoms with Crippen molar-refractivity contribution in [2.24, 2.45) is 5.10 Å². The number of rotatable bonds is 4. The van der Waals surface area contributed by atoms with E-state index in [0.29, 0.717) is 17.5 Å². The monoisotopic (exact) mass is 631 g/mol. The number of ether oxygens (including phenoxy) is 2. The van der Waals surface area contributed by atoms with Crippen LogP contribution in [0, 0.1) is 0 Å². The van der Waals surface area contributed by atoms with Crippen molar-refractivity contribution in [1.82, 2.24) is 5.01 Å². The van der Waals surface area contributed by atoms with Crippen LogP contribution in [0.1, 0.15) is 23.6 Å². The van der Waals surface area contributed by atoms with Crippen LogP contribution in [0.15, 0.2) is 77.9 Å². The van der Waals surface area contributed by atoms with Gasteiger partial charge in [0.1, 0.15) is 5.75 Å². The molecule has 1 aliphatic rings. The van der Waals surface area contributed by atoms with Gasteiger partial charge in [0.15, 0.2) is 0 Å². The number of hydrogen-bond donors (Lipinski definition) is 0. The lowest BCUT2D eigenvalue weighted by atomic mass is 9.76. The zero-order chi connectivity index (χ0) is 30.9. The third-order valence-electron chi connectivity index (χ3n) is 6.20. The van der Waals surface area contributed by atoms with Crippen LogP contribution in [0.25, 0.3) is 0 Å². The smallest absolute Gasteiger partial charge is 0.460 e. The minimum atomic E-state index is -4.94. The minimum absolute atomic E-state index is 0.00689. The van der Waals surface area contributed by atoms with Gasteiger partial charge in [-0.3, -0.25) is 0 Å². The number of halogens is 7. The lowest BCUT2D eigenvalue weighted by molar-refractivity contribution is -0.274. The van der Waals surface area contributed by atoms with Crippen molar-refractivity contribution in [3.8, 4) is 5.75 Å². The Morgan fingerprint density at radius 2 is 1.64 bits per heavy atom. The Kier molecular flexibility index (Phi) is 8.69. The standard InChI is InChI=1S/C27H20ClF6N3O4S/c1-25(17-6-4-3-5-7-17)15-36(35-22(25)16-8-13-20(21(28)14-16)26(29,30)31)23(38)37(42-24(39)40-2)18-9-11-19(12-10-18)41-27(32,33)34/h3-14H,15H2,1-2H3. The number of carbonyl (C=O) groups excluding carboxylic acids is 2. The number of methoxy groups -OCH3 is 1. The first-order valence-electron chi connectivity index (χ1n) is 11.9. The highest BCUT2D eigenvalue weighted by molar-refractivity contribution is 8.15. The molecule has 0 bridgehead atoms. The quantitative estimate of drug-likeness (QED) is 0.165. The van der Waals surface area contributed by atoms with Gasteiger partial charge in [-0.05, 0) is 48.9 Å². The van der Waals surface area contributed by atoms with E-state index >= 15 is 0 Å². The molecule has 4 rings (SSSR count). The number of hydrogen-bond acceptors (Lipinski definition) is 6. The Hall–Kier alpha value is -3.91. The summed E-state index contributed by atoms with van der Waals surface area (Å²) in [4.78, 5) is 26.0. The molecule has 1 aliphatic heterocycles. The van der Waals surface area contributed by atoms with Crippen molar-refractivity contribution in [3.63, 3.8) is 0 Å². The van der Waals surface area contributed by atoms with E-state index in [1.165, 1.54) is 6.07 Å². The van der Waals surface area contributed by atoms with Gasteiger partial charge >= 0.3 is 23.9 Å². The Balaban J connectivity index is 1.76. The van der Waals surface area contributed by atoms with Gasteiger partial charge in [0.05, 0.1) is 53.0 Å². The Bertz CT molecular complexity index is 1500. The predicted molar refractivity (Wildman–Crippen MR) is 144 cm³/mol. The van der Waals surface area contributed by atoms with E-state index in [1.54, 1.807) is 37.3 Å². The molecular weight excluding hydrogens is 612 g/mol. The van der Waals surface area contributed by atoms with Crippen molar-refractivity contribution in [2.45, 2.75) is 24.9 Å². The summed E-state index contributed by atoms with van der Waals surface area (Å²) >= 11 is 6.30. The molecule has 0 fully saturated rings. The van der Waals surface area contributed by atoms with Crippen molar-refractivity contribution >= 4 is 46.3 Å². The summed E-state index contributed by atoms with van der Waals surface area (Å²) in [7, 11) is 1.07. The Labute approximate surface area is 244 Å². The number of hydrazone groups is 1. The van der Waals surface area contributed by atoms with Gasteiger partial charge in [-0.2, -0.15) is 18.3 Å². The summed E-state index contributed by atoms with van der Waals surface area (Å²) in [6, 6.07) is 15.2. The minimum Gasteiger partial charge on any atom is -0.460 e. The molecule has 1 atom stereocenters. The zero-order valence-corrected chi connectivity index (χ0v) is 23.2. The molecule has 0 spiro atoms. The molecule has 42 heavy (non-hydrogen) atoms. The van der Waals surface area contributed by atoms with E-state index < -0.39 is 45.6 Å². The highest BCUT2D eigenvalue weighted by Crippen LogP contribution is 2.40. The molecule has 7 nitrogen and oxygen atoms in total. The fraction of sp³-hybridized carbons (Fsp3) is 0.222. The highest BCUT2D eigenvalue weighted by atomic mass is 35.5. The molecule has 2 amide bonds. The van der Waals surface area contributed by atoms with E-state index in [0.717, 1.165) is 52.8 Å². The average Bonchev–Trinajstić information content (AvgIpc) is 3.29. The van der Waals surface area contributed by atoms with Crippen LogP contribution in [-0.4, -0.2) is 42.1 Å². The number of benzene rings is 3. The normalized spacial score (nSPS) is 17.1. The SMILES string of the molecule is COC(=O)SN(C(=O)N1CC(C)(c2ccccc2)C(c2ccc(C(F)(F)F)c(Cl)c2)=N1)c1ccc(OC(F)(F)F)cc1. The first-order valence-corrected chi connectivity index (χ1v) is 13.0. The van der Waals surface area contributed by atoms with E-state index in [9.17, 15) is 35.9 Å². The fourth-order valence-electron chi connectivity index (χ4n) is 4.26. The molecule has 3 aromatic rings. The van der Waals surface area contributed by atoms with E-state index in [2.05, 4.69) is 14.6 Å². The van der Waals surface area contributed by atoms with Gasteiger partial charge < -0.3 is 9.47 Å². The second-order valence-corrected chi connectivity index (χ2v) is 10.3. The first kappa shape index (κ1) is 31.0. The first-order chi connectivity index (χ1) is 19.6. The topological polar surface area (TPSA) is 71.4 Å². The van der Waals surface area contributed by atoms with Gasteiger partial charge in [0.25, 0.3) is 0 Å². The Morgan fingerprint density at radius 3 is 2.19 bits per heavy atom. The molecule has 222 valence electrons. The fourth-order valence-corrected chi connectivity index (χ4v) is 5.17. The maximum absolute atomic E-state index is 13.8. The molecule has 0 aromatic heterocycles. The van der Waals surface area contributed by atoms with Gasteiger partial charge in [-0.1, -0.05) is 48.0 Å². The molecule has 0 saturated carbocycles. The largest absolute Gasteiger partial charge is 0.573 e. The van der Waals surface area contributed by atoms with Crippen LogP contribution in [0.5, 0.6) is 5.75 Å². The summed E-state index contributed by atoms with van der Waals surface area (Å²) < 4.78 is 87.3. The third kappa shape index (κ3) is 6.76. The molecule has 0 aliphatic carbocycles. The molecule has 3 aromatic carbocycles. The summed E-state index contributed by atoms with van der Waals surface area (Å²) in [5, 5.41) is 3.97. The molecule has 0 N–H and O–H groups in total. The molecule has 1 unspecified atom stereocenters. The number of urea groups is 1. The van der Waals surface area contributed by atoms with E-state index in [4.69, 9.17) is 11.6 Å². The van der Waals surface area contributed by atoms with Crippen LogP contribution < -0.4 is 9.04 Å². The Morgan fingerprint density at radius 1 is 1.00 bits per heavy atom. The van der Waals surface area contributed by atoms with Crippen LogP contribution in [-0.2, 0) is 16.3 Å². The summed E-state index contributed by atoms with van der Waals surface area (Å²) in [6.45, 7) is 1.62. The summed E-state index contributed by atoms with van der Waals surface area (Å²) in [5.74, 6) is -0.556. The van der Waals surface area contributed by atoms with E-state index in [-0.39, 0.29) is 23.5 Å². The number of nitrogens with zero attached hydrogens (tertiary/aromatic N) is 3. The maximum Gasteiger partial charge on any atom is 0.573 e. The van der Waals surface area contributed by atoms with Crippen molar-refractivity contribution in [2.75, 3.05) is 18.0 Å². The van der Waals surface area contributed by atoms with Gasteiger partial charge in [0, 0.05) is 5.56 Å². The van der Waals surface area contributed by atoms with Crippen LogP contribution in [0.4, 0.5) is 41.6 Å².